The number of piperazine rings is 1. The van der Waals surface area contributed by atoms with Crippen molar-refractivity contribution in [2.24, 2.45) is 0 Å². The molecule has 0 radical (unpaired) electrons. The number of amides is 3. The molecular weight excluding hydrogens is 462 g/mol. The Balaban J connectivity index is 1.46. The monoisotopic (exact) mass is 491 g/mol. The van der Waals surface area contributed by atoms with E-state index < -0.39 is 0 Å². The maximum Gasteiger partial charge on any atom is 0.409 e. The summed E-state index contributed by atoms with van der Waals surface area (Å²) >= 11 is 6.67. The van der Waals surface area contributed by atoms with Gasteiger partial charge in [-0.15, -0.1) is 0 Å². The summed E-state index contributed by atoms with van der Waals surface area (Å²) < 4.78 is 11.0. The molecule has 3 rings (SSSR count). The van der Waals surface area contributed by atoms with Gasteiger partial charge in [0.25, 0.3) is 5.91 Å². The predicted molar refractivity (Wildman–Crippen MR) is 132 cm³/mol. The van der Waals surface area contributed by atoms with Crippen LogP contribution in [0, 0.1) is 0 Å². The molecule has 8 nitrogen and oxygen atoms in total. The Labute approximate surface area is 203 Å². The summed E-state index contributed by atoms with van der Waals surface area (Å²) in [5.41, 5.74) is 0.899. The normalized spacial score (nSPS) is 17.6. The zero-order valence-electron chi connectivity index (χ0n) is 19.0. The number of nitrogens with zero attached hydrogens (tertiary/aromatic N) is 3. The molecule has 2 aliphatic rings. The number of carbonyl (C=O) groups is 3. The second kappa shape index (κ2) is 12.0. The molecule has 0 N–H and O–H groups in total. The van der Waals surface area contributed by atoms with Gasteiger partial charge in [0.05, 0.1) is 18.1 Å². The average molecular weight is 492 g/mol. The summed E-state index contributed by atoms with van der Waals surface area (Å²) in [6.07, 6.45) is 2.34. The highest BCUT2D eigenvalue weighted by Crippen LogP contribution is 2.33. The molecule has 1 aromatic rings. The summed E-state index contributed by atoms with van der Waals surface area (Å²) in [4.78, 5) is 42.6. The zero-order chi connectivity index (χ0) is 23.8. The van der Waals surface area contributed by atoms with Crippen LogP contribution in [0.1, 0.15) is 32.3 Å². The standard InChI is InChI=1S/C23H29N3O5S2/c1-3-30-18-9-7-17(8-10-18)16-19-21(28)26(23(32)33-19)11-5-6-20(27)24-12-14-25(15-13-24)22(29)31-4-2/h7-10,16H,3-6,11-15H2,1-2H3. The number of hydrogen-bond donors (Lipinski definition) is 0. The molecule has 178 valence electrons. The lowest BCUT2D eigenvalue weighted by Gasteiger charge is -2.34. The molecule has 2 aliphatic heterocycles. The van der Waals surface area contributed by atoms with Gasteiger partial charge in [-0.05, 0) is 44.0 Å². The Morgan fingerprint density at radius 3 is 2.36 bits per heavy atom. The second-order valence-electron chi connectivity index (χ2n) is 7.51. The Morgan fingerprint density at radius 1 is 1.06 bits per heavy atom. The molecule has 1 aromatic carbocycles. The van der Waals surface area contributed by atoms with E-state index in [1.165, 1.54) is 11.8 Å². The average Bonchev–Trinajstić information content (AvgIpc) is 3.08. The smallest absolute Gasteiger partial charge is 0.409 e. The van der Waals surface area contributed by atoms with Crippen LogP contribution in [-0.2, 0) is 14.3 Å². The van der Waals surface area contributed by atoms with Crippen molar-refractivity contribution >= 4 is 52.3 Å². The van der Waals surface area contributed by atoms with Crippen molar-refractivity contribution in [1.29, 1.82) is 0 Å². The molecule has 3 amide bonds. The van der Waals surface area contributed by atoms with Crippen molar-refractivity contribution in [3.05, 3.63) is 34.7 Å². The van der Waals surface area contributed by atoms with Gasteiger partial charge in [-0.1, -0.05) is 36.1 Å². The van der Waals surface area contributed by atoms with Crippen LogP contribution in [0.4, 0.5) is 4.79 Å². The van der Waals surface area contributed by atoms with Gasteiger partial charge in [0, 0.05) is 39.1 Å². The fraction of sp³-hybridized carbons (Fsp3) is 0.478. The minimum Gasteiger partial charge on any atom is -0.494 e. The quantitative estimate of drug-likeness (QED) is 0.407. The van der Waals surface area contributed by atoms with Crippen molar-refractivity contribution in [3.8, 4) is 5.75 Å². The molecule has 0 aromatic heterocycles. The van der Waals surface area contributed by atoms with Crippen LogP contribution in [0.25, 0.3) is 6.08 Å². The Bertz CT molecular complexity index is 911. The summed E-state index contributed by atoms with van der Waals surface area (Å²) in [5, 5.41) is 0. The lowest BCUT2D eigenvalue weighted by atomic mass is 10.2. The van der Waals surface area contributed by atoms with Crippen LogP contribution < -0.4 is 4.74 Å². The van der Waals surface area contributed by atoms with Crippen LogP contribution in [-0.4, -0.2) is 82.9 Å². The van der Waals surface area contributed by atoms with Crippen molar-refractivity contribution in [2.45, 2.75) is 26.7 Å². The van der Waals surface area contributed by atoms with Gasteiger partial charge in [-0.25, -0.2) is 4.79 Å². The number of thiocarbonyl (C=S) groups is 1. The van der Waals surface area contributed by atoms with E-state index in [1.807, 2.05) is 37.3 Å². The van der Waals surface area contributed by atoms with Crippen LogP contribution in [0.3, 0.4) is 0 Å². The lowest BCUT2D eigenvalue weighted by molar-refractivity contribution is -0.133. The topological polar surface area (TPSA) is 79.4 Å². The number of thioether (sulfide) groups is 1. The van der Waals surface area contributed by atoms with Crippen molar-refractivity contribution in [2.75, 3.05) is 45.9 Å². The van der Waals surface area contributed by atoms with Crippen LogP contribution >= 0.6 is 24.0 Å². The highest BCUT2D eigenvalue weighted by Gasteiger charge is 2.32. The minimum atomic E-state index is -0.336. The van der Waals surface area contributed by atoms with Crippen molar-refractivity contribution in [1.82, 2.24) is 14.7 Å². The van der Waals surface area contributed by atoms with E-state index in [0.29, 0.717) is 68.0 Å². The third-order valence-corrected chi connectivity index (χ3v) is 6.67. The highest BCUT2D eigenvalue weighted by molar-refractivity contribution is 8.26. The van der Waals surface area contributed by atoms with Gasteiger partial charge in [0.2, 0.25) is 5.91 Å². The van der Waals surface area contributed by atoms with E-state index in [4.69, 9.17) is 21.7 Å². The molecular formula is C23H29N3O5S2. The van der Waals surface area contributed by atoms with Gasteiger partial charge in [0.1, 0.15) is 10.1 Å². The maximum atomic E-state index is 12.8. The van der Waals surface area contributed by atoms with Crippen LogP contribution in [0.2, 0.25) is 0 Å². The maximum absolute atomic E-state index is 12.8. The first-order valence-corrected chi connectivity index (χ1v) is 12.3. The van der Waals surface area contributed by atoms with Gasteiger partial charge in [-0.2, -0.15) is 0 Å². The summed E-state index contributed by atoms with van der Waals surface area (Å²) in [6.45, 7) is 6.96. The fourth-order valence-electron chi connectivity index (χ4n) is 3.57. The molecule has 2 heterocycles. The first-order valence-electron chi connectivity index (χ1n) is 11.1. The summed E-state index contributed by atoms with van der Waals surface area (Å²) in [5.74, 6) is 0.678. The van der Waals surface area contributed by atoms with E-state index in [-0.39, 0.29) is 17.9 Å². The summed E-state index contributed by atoms with van der Waals surface area (Å²) in [6, 6.07) is 7.54. The second-order valence-corrected chi connectivity index (χ2v) is 9.18. The molecule has 0 unspecified atom stereocenters. The number of ether oxygens (including phenoxy) is 2. The van der Waals surface area contributed by atoms with Gasteiger partial charge >= 0.3 is 6.09 Å². The van der Waals surface area contributed by atoms with E-state index in [2.05, 4.69) is 0 Å². The van der Waals surface area contributed by atoms with E-state index in [1.54, 1.807) is 21.6 Å². The minimum absolute atomic E-state index is 0.0221. The molecule has 0 saturated carbocycles. The number of carbonyl (C=O) groups excluding carboxylic acids is 3. The molecule has 10 heteroatoms. The number of hydrogen-bond acceptors (Lipinski definition) is 7. The molecule has 0 bridgehead atoms. The predicted octanol–water partition coefficient (Wildman–Crippen LogP) is 3.37. The van der Waals surface area contributed by atoms with Crippen molar-refractivity contribution < 1.29 is 23.9 Å². The van der Waals surface area contributed by atoms with Gasteiger partial charge in [-0.3, -0.25) is 14.5 Å². The molecule has 0 aliphatic carbocycles. The SMILES string of the molecule is CCOC(=O)N1CCN(C(=O)CCCN2C(=O)C(=Cc3ccc(OCC)cc3)SC2=S)CC1. The molecule has 33 heavy (non-hydrogen) atoms. The first kappa shape index (κ1) is 25.0. The molecule has 2 fully saturated rings. The summed E-state index contributed by atoms with van der Waals surface area (Å²) in [7, 11) is 0. The van der Waals surface area contributed by atoms with Gasteiger partial charge in [0.15, 0.2) is 0 Å². The zero-order valence-corrected chi connectivity index (χ0v) is 20.6. The third-order valence-electron chi connectivity index (χ3n) is 5.29. The van der Waals surface area contributed by atoms with E-state index in [0.717, 1.165) is 11.3 Å². The fourth-order valence-corrected chi connectivity index (χ4v) is 4.88. The van der Waals surface area contributed by atoms with E-state index in [9.17, 15) is 14.4 Å². The van der Waals surface area contributed by atoms with Crippen molar-refractivity contribution in [3.63, 3.8) is 0 Å². The Hall–Kier alpha value is -2.59. The Kier molecular flexibility index (Phi) is 9.13. The van der Waals surface area contributed by atoms with Gasteiger partial charge < -0.3 is 19.3 Å². The highest BCUT2D eigenvalue weighted by atomic mass is 32.2. The van der Waals surface area contributed by atoms with Crippen LogP contribution in [0.5, 0.6) is 5.75 Å². The molecule has 2 saturated heterocycles. The largest absolute Gasteiger partial charge is 0.494 e. The van der Waals surface area contributed by atoms with Crippen LogP contribution in [0.15, 0.2) is 29.2 Å². The third kappa shape index (κ3) is 6.70. The Morgan fingerprint density at radius 2 is 1.73 bits per heavy atom. The molecule has 0 spiro atoms. The number of rotatable bonds is 8. The molecule has 0 atom stereocenters. The lowest BCUT2D eigenvalue weighted by Crippen LogP contribution is -2.50. The van der Waals surface area contributed by atoms with E-state index >= 15 is 0 Å². The first-order chi connectivity index (χ1) is 15.9. The number of benzene rings is 1.